The summed E-state index contributed by atoms with van der Waals surface area (Å²) in [6.07, 6.45) is 1.25. The number of ether oxygens (including phenoxy) is 2. The van der Waals surface area contributed by atoms with Crippen LogP contribution in [0.4, 0.5) is 5.95 Å². The van der Waals surface area contributed by atoms with Crippen molar-refractivity contribution in [1.82, 2.24) is 14.9 Å². The highest BCUT2D eigenvalue weighted by atomic mass is 16.5. The first-order valence-corrected chi connectivity index (χ1v) is 10.0. The Bertz CT molecular complexity index is 976. The molecule has 9 nitrogen and oxygen atoms in total. The van der Waals surface area contributed by atoms with Crippen molar-refractivity contribution >= 4 is 17.8 Å². The van der Waals surface area contributed by atoms with E-state index in [1.165, 1.54) is 7.11 Å². The highest BCUT2D eigenvalue weighted by Gasteiger charge is 2.36. The molecule has 0 spiro atoms. The molecule has 0 radical (unpaired) electrons. The highest BCUT2D eigenvalue weighted by molar-refractivity contribution is 5.94. The van der Waals surface area contributed by atoms with Crippen LogP contribution in [0.2, 0.25) is 0 Å². The SMILES string of the molecule is COC(C)(C)C(=O)N1CCO[C@H](c2nc(N(C)C)ncc2-c2cccc(C(N)=O)c2)C1. The van der Waals surface area contributed by atoms with Crippen LogP contribution in [0.1, 0.15) is 36.0 Å². The van der Waals surface area contributed by atoms with Crippen molar-refractivity contribution in [1.29, 1.82) is 0 Å². The number of hydrogen-bond acceptors (Lipinski definition) is 7. The quantitative estimate of drug-likeness (QED) is 0.746. The van der Waals surface area contributed by atoms with Gasteiger partial charge in [-0.05, 0) is 31.5 Å². The van der Waals surface area contributed by atoms with Gasteiger partial charge in [0.15, 0.2) is 0 Å². The zero-order valence-corrected chi connectivity index (χ0v) is 18.6. The Balaban J connectivity index is 2.02. The molecule has 9 heteroatoms. The molecule has 2 N–H and O–H groups in total. The summed E-state index contributed by atoms with van der Waals surface area (Å²) >= 11 is 0. The van der Waals surface area contributed by atoms with E-state index in [-0.39, 0.29) is 5.91 Å². The van der Waals surface area contributed by atoms with Crippen molar-refractivity contribution in [2.24, 2.45) is 5.73 Å². The third-order valence-corrected chi connectivity index (χ3v) is 5.35. The number of rotatable bonds is 6. The number of carbonyl (C=O) groups excluding carboxylic acids is 2. The highest BCUT2D eigenvalue weighted by Crippen LogP contribution is 2.32. The van der Waals surface area contributed by atoms with Crippen molar-refractivity contribution in [2.75, 3.05) is 45.8 Å². The maximum Gasteiger partial charge on any atom is 0.254 e. The predicted octanol–water partition coefficient (Wildman–Crippen LogP) is 1.63. The molecule has 2 amide bonds. The third-order valence-electron chi connectivity index (χ3n) is 5.35. The fourth-order valence-corrected chi connectivity index (χ4v) is 3.38. The number of amides is 2. The van der Waals surface area contributed by atoms with Gasteiger partial charge in [0.1, 0.15) is 11.7 Å². The van der Waals surface area contributed by atoms with Gasteiger partial charge in [0.2, 0.25) is 11.9 Å². The Morgan fingerprint density at radius 1 is 1.32 bits per heavy atom. The van der Waals surface area contributed by atoms with Crippen LogP contribution in [-0.4, -0.2) is 73.2 Å². The van der Waals surface area contributed by atoms with Crippen LogP contribution < -0.4 is 10.6 Å². The molecule has 1 fully saturated rings. The van der Waals surface area contributed by atoms with Gasteiger partial charge in [0.25, 0.3) is 5.91 Å². The van der Waals surface area contributed by atoms with Crippen molar-refractivity contribution in [3.63, 3.8) is 0 Å². The van der Waals surface area contributed by atoms with Gasteiger partial charge >= 0.3 is 0 Å². The number of primary amides is 1. The number of aromatic nitrogens is 2. The predicted molar refractivity (Wildman–Crippen MR) is 117 cm³/mol. The number of nitrogens with zero attached hydrogens (tertiary/aromatic N) is 4. The summed E-state index contributed by atoms with van der Waals surface area (Å²) in [7, 11) is 5.23. The maximum absolute atomic E-state index is 12.9. The lowest BCUT2D eigenvalue weighted by Crippen LogP contribution is -2.51. The number of anilines is 1. The summed E-state index contributed by atoms with van der Waals surface area (Å²) < 4.78 is 11.4. The molecule has 3 rings (SSSR count). The Morgan fingerprint density at radius 2 is 2.06 bits per heavy atom. The maximum atomic E-state index is 12.9. The normalized spacial score (nSPS) is 16.8. The van der Waals surface area contributed by atoms with E-state index in [1.807, 2.05) is 20.2 Å². The summed E-state index contributed by atoms with van der Waals surface area (Å²) in [5.74, 6) is -0.0988. The van der Waals surface area contributed by atoms with Gasteiger partial charge in [0, 0.05) is 45.1 Å². The molecule has 2 aromatic rings. The first-order valence-electron chi connectivity index (χ1n) is 10.0. The molecule has 1 saturated heterocycles. The average molecular weight is 428 g/mol. The van der Waals surface area contributed by atoms with E-state index in [0.29, 0.717) is 36.9 Å². The Labute approximate surface area is 182 Å². The Hall–Kier alpha value is -3.04. The van der Waals surface area contributed by atoms with E-state index in [2.05, 4.69) is 4.98 Å². The van der Waals surface area contributed by atoms with Crippen molar-refractivity contribution in [2.45, 2.75) is 25.6 Å². The standard InChI is InChI=1S/C22H29N5O4/c1-22(2,30-5)20(29)27-9-10-31-17(13-27)18-16(12-24-21(25-18)26(3)4)14-7-6-8-15(11-14)19(23)28/h6-8,11-12,17H,9-10,13H2,1-5H3,(H2,23,28)/t17-/m0/s1. The van der Waals surface area contributed by atoms with E-state index in [1.54, 1.807) is 48.0 Å². The van der Waals surface area contributed by atoms with Crippen molar-refractivity contribution in [3.8, 4) is 11.1 Å². The van der Waals surface area contributed by atoms with Gasteiger partial charge in [0.05, 0.1) is 18.8 Å². The zero-order valence-electron chi connectivity index (χ0n) is 18.6. The second kappa shape index (κ2) is 8.99. The molecule has 0 saturated carbocycles. The summed E-state index contributed by atoms with van der Waals surface area (Å²) in [6, 6.07) is 6.99. The molecule has 2 heterocycles. The molecule has 31 heavy (non-hydrogen) atoms. The van der Waals surface area contributed by atoms with Gasteiger partial charge in [-0.1, -0.05) is 12.1 Å². The average Bonchev–Trinajstić information content (AvgIpc) is 2.78. The topological polar surface area (TPSA) is 111 Å². The van der Waals surface area contributed by atoms with E-state index in [4.69, 9.17) is 20.2 Å². The van der Waals surface area contributed by atoms with Crippen LogP contribution in [0.25, 0.3) is 11.1 Å². The second-order valence-corrected chi connectivity index (χ2v) is 8.13. The van der Waals surface area contributed by atoms with Crippen LogP contribution in [0.15, 0.2) is 30.5 Å². The van der Waals surface area contributed by atoms with Gasteiger partial charge in [-0.2, -0.15) is 0 Å². The fourth-order valence-electron chi connectivity index (χ4n) is 3.38. The van der Waals surface area contributed by atoms with Crippen LogP contribution >= 0.6 is 0 Å². The monoisotopic (exact) mass is 427 g/mol. The van der Waals surface area contributed by atoms with E-state index >= 15 is 0 Å². The lowest BCUT2D eigenvalue weighted by atomic mass is 9.99. The number of nitrogens with two attached hydrogens (primary N) is 1. The van der Waals surface area contributed by atoms with Crippen molar-refractivity contribution < 1.29 is 19.1 Å². The second-order valence-electron chi connectivity index (χ2n) is 8.13. The fraction of sp³-hybridized carbons (Fsp3) is 0.455. The van der Waals surface area contributed by atoms with Crippen LogP contribution in [0.5, 0.6) is 0 Å². The van der Waals surface area contributed by atoms with Crippen molar-refractivity contribution in [3.05, 3.63) is 41.7 Å². The van der Waals surface area contributed by atoms with Crippen LogP contribution in [0.3, 0.4) is 0 Å². The lowest BCUT2D eigenvalue weighted by Gasteiger charge is -2.37. The smallest absolute Gasteiger partial charge is 0.254 e. The molecule has 1 aliphatic heterocycles. The number of benzene rings is 1. The summed E-state index contributed by atoms with van der Waals surface area (Å²) in [4.78, 5) is 37.3. The molecule has 1 aliphatic rings. The van der Waals surface area contributed by atoms with E-state index in [0.717, 1.165) is 11.1 Å². The number of carbonyl (C=O) groups is 2. The number of methoxy groups -OCH3 is 1. The summed E-state index contributed by atoms with van der Waals surface area (Å²) in [5.41, 5.74) is 7.03. The van der Waals surface area contributed by atoms with Gasteiger partial charge < -0.3 is 25.0 Å². The van der Waals surface area contributed by atoms with E-state index < -0.39 is 17.6 Å². The molecule has 0 aliphatic carbocycles. The summed E-state index contributed by atoms with van der Waals surface area (Å²) in [5, 5.41) is 0. The minimum Gasteiger partial charge on any atom is -0.369 e. The first-order chi connectivity index (χ1) is 14.6. The zero-order chi connectivity index (χ0) is 22.8. The minimum atomic E-state index is -0.930. The Morgan fingerprint density at radius 3 is 2.71 bits per heavy atom. The minimum absolute atomic E-state index is 0.109. The first kappa shape index (κ1) is 22.6. The molecule has 0 unspecified atom stereocenters. The molecular weight excluding hydrogens is 398 g/mol. The van der Waals surface area contributed by atoms with Gasteiger partial charge in [-0.15, -0.1) is 0 Å². The molecule has 1 aromatic heterocycles. The number of morpholine rings is 1. The molecule has 0 bridgehead atoms. The lowest BCUT2D eigenvalue weighted by molar-refractivity contribution is -0.158. The van der Waals surface area contributed by atoms with E-state index in [9.17, 15) is 9.59 Å². The Kier molecular flexibility index (Phi) is 6.56. The van der Waals surface area contributed by atoms with Gasteiger partial charge in [-0.3, -0.25) is 9.59 Å². The summed E-state index contributed by atoms with van der Waals surface area (Å²) in [6.45, 7) is 4.67. The van der Waals surface area contributed by atoms with Gasteiger partial charge in [-0.25, -0.2) is 9.97 Å². The number of hydrogen-bond donors (Lipinski definition) is 1. The molecular formula is C22H29N5O4. The van der Waals surface area contributed by atoms with Crippen LogP contribution in [0, 0.1) is 0 Å². The third kappa shape index (κ3) is 4.83. The molecule has 166 valence electrons. The van der Waals surface area contributed by atoms with Crippen LogP contribution in [-0.2, 0) is 14.3 Å². The molecule has 1 aromatic carbocycles. The molecule has 1 atom stereocenters. The largest absolute Gasteiger partial charge is 0.369 e.